The second kappa shape index (κ2) is 4.34. The molecule has 1 aromatic carbocycles. The molecule has 2 fully saturated rings. The lowest BCUT2D eigenvalue weighted by molar-refractivity contribution is -0.165. The van der Waals surface area contributed by atoms with Crippen LogP contribution in [0.1, 0.15) is 44.7 Å². The molecule has 2 bridgehead atoms. The van der Waals surface area contributed by atoms with Crippen molar-refractivity contribution < 1.29 is 14.3 Å². The Morgan fingerprint density at radius 2 is 1.68 bits per heavy atom. The number of ether oxygens (including phenoxy) is 1. The maximum absolute atomic E-state index is 12.9. The molecule has 22 heavy (non-hydrogen) atoms. The number of hydrogen-bond donors (Lipinski definition) is 1. The summed E-state index contributed by atoms with van der Waals surface area (Å²) in [4.78, 5) is 25.2. The Morgan fingerprint density at radius 1 is 1.09 bits per heavy atom. The van der Waals surface area contributed by atoms with E-state index in [0.717, 1.165) is 16.8 Å². The third-order valence-electron chi connectivity index (χ3n) is 5.93. The molecule has 2 atom stereocenters. The lowest BCUT2D eigenvalue weighted by atomic mass is 9.66. The Labute approximate surface area is 131 Å². The van der Waals surface area contributed by atoms with Gasteiger partial charge in [0.25, 0.3) is 5.91 Å². The molecule has 1 aromatic rings. The van der Waals surface area contributed by atoms with Crippen LogP contribution in [-0.2, 0) is 14.3 Å². The molecule has 4 nitrogen and oxygen atoms in total. The van der Waals surface area contributed by atoms with Crippen LogP contribution < -0.4 is 5.32 Å². The van der Waals surface area contributed by atoms with Gasteiger partial charge in [-0.1, -0.05) is 19.9 Å². The van der Waals surface area contributed by atoms with Crippen molar-refractivity contribution in [2.75, 3.05) is 5.32 Å². The standard InChI is InChI=1S/C18H23NO3/c1-11-8-12(2)10-13(9-11)19-14(20)18-7-6-17(5,15(21)22-18)16(18,3)4/h8-10H,6-7H2,1-5H3,(H,19,20). The van der Waals surface area contributed by atoms with Gasteiger partial charge in [-0.3, -0.25) is 9.59 Å². The summed E-state index contributed by atoms with van der Waals surface area (Å²) in [6, 6.07) is 5.92. The Kier molecular flexibility index (Phi) is 2.97. The van der Waals surface area contributed by atoms with Gasteiger partial charge in [0, 0.05) is 11.1 Å². The van der Waals surface area contributed by atoms with Crippen LogP contribution in [-0.4, -0.2) is 17.5 Å². The van der Waals surface area contributed by atoms with Crippen molar-refractivity contribution in [3.63, 3.8) is 0 Å². The number of fused-ring (bicyclic) bond motifs is 2. The van der Waals surface area contributed by atoms with Crippen LogP contribution in [0.25, 0.3) is 0 Å². The Bertz CT molecular complexity index is 659. The van der Waals surface area contributed by atoms with Gasteiger partial charge in [-0.25, -0.2) is 0 Å². The molecule has 2 unspecified atom stereocenters. The molecule has 1 amide bonds. The van der Waals surface area contributed by atoms with Gasteiger partial charge < -0.3 is 10.1 Å². The molecule has 1 aliphatic heterocycles. The molecule has 2 aliphatic rings. The first-order chi connectivity index (χ1) is 10.1. The maximum Gasteiger partial charge on any atom is 0.313 e. The molecule has 0 aromatic heterocycles. The molecule has 118 valence electrons. The van der Waals surface area contributed by atoms with Crippen LogP contribution in [0.4, 0.5) is 5.69 Å². The summed E-state index contributed by atoms with van der Waals surface area (Å²) in [6.45, 7) is 9.83. The second-order valence-corrected chi connectivity index (χ2v) is 7.50. The van der Waals surface area contributed by atoms with Crippen LogP contribution in [0.2, 0.25) is 0 Å². The quantitative estimate of drug-likeness (QED) is 0.852. The minimum absolute atomic E-state index is 0.211. The van der Waals surface area contributed by atoms with Gasteiger partial charge in [-0.05, 0) is 56.9 Å². The number of anilines is 1. The van der Waals surface area contributed by atoms with Crippen molar-refractivity contribution in [3.8, 4) is 0 Å². The molecule has 1 saturated heterocycles. The van der Waals surface area contributed by atoms with E-state index in [1.165, 1.54) is 0 Å². The van der Waals surface area contributed by atoms with Crippen molar-refractivity contribution >= 4 is 17.6 Å². The molecule has 1 saturated carbocycles. The highest BCUT2D eigenvalue weighted by molar-refractivity contribution is 6.03. The highest BCUT2D eigenvalue weighted by Gasteiger charge is 2.75. The monoisotopic (exact) mass is 301 g/mol. The van der Waals surface area contributed by atoms with Gasteiger partial charge in [0.1, 0.15) is 0 Å². The minimum atomic E-state index is -1.06. The van der Waals surface area contributed by atoms with E-state index < -0.39 is 16.4 Å². The predicted molar refractivity (Wildman–Crippen MR) is 84.5 cm³/mol. The van der Waals surface area contributed by atoms with Crippen LogP contribution in [0.5, 0.6) is 0 Å². The van der Waals surface area contributed by atoms with Crippen molar-refractivity contribution in [3.05, 3.63) is 29.3 Å². The van der Waals surface area contributed by atoms with E-state index in [2.05, 4.69) is 11.4 Å². The lowest BCUT2D eigenvalue weighted by Crippen LogP contribution is -2.50. The second-order valence-electron chi connectivity index (χ2n) is 7.50. The van der Waals surface area contributed by atoms with Gasteiger partial charge in [-0.15, -0.1) is 0 Å². The topological polar surface area (TPSA) is 55.4 Å². The summed E-state index contributed by atoms with van der Waals surface area (Å²) in [5, 5.41) is 2.96. The minimum Gasteiger partial charge on any atom is -0.448 e. The summed E-state index contributed by atoms with van der Waals surface area (Å²) >= 11 is 0. The van der Waals surface area contributed by atoms with E-state index >= 15 is 0 Å². The average molecular weight is 301 g/mol. The summed E-state index contributed by atoms with van der Waals surface area (Å²) < 4.78 is 5.61. The Balaban J connectivity index is 1.94. The summed E-state index contributed by atoms with van der Waals surface area (Å²) in [5.74, 6) is -0.462. The van der Waals surface area contributed by atoms with Gasteiger partial charge in [0.15, 0.2) is 5.60 Å². The van der Waals surface area contributed by atoms with Crippen molar-refractivity contribution in [2.24, 2.45) is 10.8 Å². The van der Waals surface area contributed by atoms with Crippen molar-refractivity contribution in [1.82, 2.24) is 0 Å². The van der Waals surface area contributed by atoms with E-state index in [1.54, 1.807) is 0 Å². The fourth-order valence-electron chi connectivity index (χ4n) is 4.03. The SMILES string of the molecule is Cc1cc(C)cc(NC(=O)C23CCC(C)(C(=O)O2)C3(C)C)c1. The predicted octanol–water partition coefficient (Wildman–Crippen LogP) is 3.36. The molecule has 0 spiro atoms. The number of rotatable bonds is 2. The zero-order valence-corrected chi connectivity index (χ0v) is 13.9. The number of esters is 1. The fraction of sp³-hybridized carbons (Fsp3) is 0.556. The summed E-state index contributed by atoms with van der Waals surface area (Å²) in [5.41, 5.74) is 0.784. The first-order valence-electron chi connectivity index (χ1n) is 7.76. The van der Waals surface area contributed by atoms with E-state index in [4.69, 9.17) is 4.74 Å². The van der Waals surface area contributed by atoms with Gasteiger partial charge >= 0.3 is 5.97 Å². The third-order valence-corrected chi connectivity index (χ3v) is 5.93. The van der Waals surface area contributed by atoms with Crippen LogP contribution in [0.3, 0.4) is 0 Å². The molecular weight excluding hydrogens is 278 g/mol. The first kappa shape index (κ1) is 15.1. The summed E-state index contributed by atoms with van der Waals surface area (Å²) in [6.07, 6.45) is 1.28. The zero-order valence-electron chi connectivity index (χ0n) is 13.9. The molecule has 0 radical (unpaired) electrons. The van der Waals surface area contributed by atoms with E-state index in [0.29, 0.717) is 12.8 Å². The number of carbonyl (C=O) groups is 2. The number of aryl methyl sites for hydroxylation is 2. The third kappa shape index (κ3) is 1.70. The van der Waals surface area contributed by atoms with Crippen molar-refractivity contribution in [2.45, 2.75) is 53.1 Å². The molecule has 3 rings (SSSR count). The van der Waals surface area contributed by atoms with Crippen LogP contribution in [0, 0.1) is 24.7 Å². The fourth-order valence-corrected chi connectivity index (χ4v) is 4.03. The average Bonchev–Trinajstić information content (AvgIpc) is 2.67. The summed E-state index contributed by atoms with van der Waals surface area (Å²) in [7, 11) is 0. The van der Waals surface area contributed by atoms with Gasteiger partial charge in [0.2, 0.25) is 0 Å². The Morgan fingerprint density at radius 3 is 2.14 bits per heavy atom. The van der Waals surface area contributed by atoms with Crippen molar-refractivity contribution in [1.29, 1.82) is 0 Å². The molecule has 1 heterocycles. The van der Waals surface area contributed by atoms with Gasteiger partial charge in [-0.2, -0.15) is 0 Å². The highest BCUT2D eigenvalue weighted by Crippen LogP contribution is 2.65. The van der Waals surface area contributed by atoms with E-state index in [9.17, 15) is 9.59 Å². The molecular formula is C18H23NO3. The number of carbonyl (C=O) groups excluding carboxylic acids is 2. The maximum atomic E-state index is 12.9. The number of benzene rings is 1. The molecule has 4 heteroatoms. The van der Waals surface area contributed by atoms with E-state index in [1.807, 2.05) is 46.8 Å². The van der Waals surface area contributed by atoms with Crippen LogP contribution >= 0.6 is 0 Å². The molecule has 1 N–H and O–H groups in total. The number of hydrogen-bond acceptors (Lipinski definition) is 3. The zero-order chi connectivity index (χ0) is 16.3. The smallest absolute Gasteiger partial charge is 0.313 e. The van der Waals surface area contributed by atoms with Gasteiger partial charge in [0.05, 0.1) is 5.41 Å². The molecule has 1 aliphatic carbocycles. The normalized spacial score (nSPS) is 32.0. The van der Waals surface area contributed by atoms with Crippen LogP contribution in [0.15, 0.2) is 18.2 Å². The largest absolute Gasteiger partial charge is 0.448 e. The Hall–Kier alpha value is -1.84. The highest BCUT2D eigenvalue weighted by atomic mass is 16.6. The van der Waals surface area contributed by atoms with E-state index in [-0.39, 0.29) is 11.9 Å². The number of nitrogens with one attached hydrogen (secondary N) is 1. The number of amides is 1. The lowest BCUT2D eigenvalue weighted by Gasteiger charge is -2.35. The first-order valence-corrected chi connectivity index (χ1v) is 7.76.